The number of benzene rings is 1. The van der Waals surface area contributed by atoms with Crippen LogP contribution in [0.4, 0.5) is 0 Å². The van der Waals surface area contributed by atoms with Crippen LogP contribution in [0.2, 0.25) is 0 Å². The second-order valence-electron chi connectivity index (χ2n) is 5.76. The molecule has 0 bridgehead atoms. The van der Waals surface area contributed by atoms with E-state index in [1.165, 1.54) is 0 Å². The molecule has 0 fully saturated rings. The minimum Gasteiger partial charge on any atom is -0.322 e. The molecule has 23 heavy (non-hydrogen) atoms. The third kappa shape index (κ3) is 3.10. The third-order valence-corrected chi connectivity index (χ3v) is 4.04. The molecule has 5 heteroatoms. The summed E-state index contributed by atoms with van der Waals surface area (Å²) in [7, 11) is 2.04. The summed E-state index contributed by atoms with van der Waals surface area (Å²) < 4.78 is 1.77. The Kier molecular flexibility index (Phi) is 4.12. The molecule has 1 aromatic carbocycles. The first-order valence-corrected chi connectivity index (χ1v) is 7.53. The Labute approximate surface area is 134 Å². The fourth-order valence-electron chi connectivity index (χ4n) is 2.84. The minimum absolute atomic E-state index is 0.0669. The van der Waals surface area contributed by atoms with E-state index in [9.17, 15) is 4.79 Å². The lowest BCUT2D eigenvalue weighted by Crippen LogP contribution is -2.19. The molecule has 3 aromatic rings. The summed E-state index contributed by atoms with van der Waals surface area (Å²) in [5.41, 5.74) is 4.08. The van der Waals surface area contributed by atoms with E-state index in [1.807, 2.05) is 44.4 Å². The van der Waals surface area contributed by atoms with E-state index in [0.717, 1.165) is 34.3 Å². The highest BCUT2D eigenvalue weighted by atomic mass is 16.1. The first-order valence-electron chi connectivity index (χ1n) is 7.53. The smallest absolute Gasteiger partial charge is 0.248 e. The molecule has 0 saturated carbocycles. The zero-order valence-corrected chi connectivity index (χ0v) is 13.4. The minimum atomic E-state index is -0.0669. The molecule has 0 spiro atoms. The van der Waals surface area contributed by atoms with Crippen molar-refractivity contribution in [3.05, 3.63) is 70.3 Å². The van der Waals surface area contributed by atoms with E-state index in [2.05, 4.69) is 21.6 Å². The van der Waals surface area contributed by atoms with Gasteiger partial charge in [0.1, 0.15) is 0 Å². The normalized spacial score (nSPS) is 11.3. The van der Waals surface area contributed by atoms with Crippen molar-refractivity contribution >= 4 is 17.1 Å². The second kappa shape index (κ2) is 6.22. The molecule has 118 valence electrons. The van der Waals surface area contributed by atoms with Gasteiger partial charge in [0.05, 0.1) is 6.20 Å². The van der Waals surface area contributed by atoms with Crippen LogP contribution in [0.3, 0.4) is 0 Å². The number of aromatic amines is 1. The van der Waals surface area contributed by atoms with E-state index in [-0.39, 0.29) is 5.56 Å². The highest BCUT2D eigenvalue weighted by Crippen LogP contribution is 2.17. The Morgan fingerprint density at radius 3 is 2.78 bits per heavy atom. The number of H-pyrrole nitrogens is 1. The third-order valence-electron chi connectivity index (χ3n) is 4.04. The molecule has 0 radical (unpaired) electrons. The highest BCUT2D eigenvalue weighted by molar-refractivity contribution is 5.81. The number of aromatic nitrogens is 3. The van der Waals surface area contributed by atoms with E-state index >= 15 is 0 Å². The van der Waals surface area contributed by atoms with Gasteiger partial charge in [-0.25, -0.2) is 4.68 Å². The SMILES string of the molecule is C=Cn1ncc(CN(C)Cc2cc(=O)[nH]c3ccccc23)c1C. The van der Waals surface area contributed by atoms with Gasteiger partial charge in [-0.1, -0.05) is 24.8 Å². The Morgan fingerprint density at radius 1 is 1.30 bits per heavy atom. The fraction of sp³-hybridized carbons (Fsp3) is 0.222. The fourth-order valence-corrected chi connectivity index (χ4v) is 2.84. The largest absolute Gasteiger partial charge is 0.322 e. The van der Waals surface area contributed by atoms with Crippen molar-refractivity contribution in [3.8, 4) is 0 Å². The van der Waals surface area contributed by atoms with Crippen molar-refractivity contribution in [3.63, 3.8) is 0 Å². The molecule has 0 amide bonds. The topological polar surface area (TPSA) is 53.9 Å². The predicted molar refractivity (Wildman–Crippen MR) is 93.1 cm³/mol. The summed E-state index contributed by atoms with van der Waals surface area (Å²) in [6, 6.07) is 9.56. The highest BCUT2D eigenvalue weighted by Gasteiger charge is 2.10. The van der Waals surface area contributed by atoms with E-state index in [0.29, 0.717) is 6.54 Å². The molecule has 2 aromatic heterocycles. The Bertz CT molecular complexity index is 907. The van der Waals surface area contributed by atoms with Crippen molar-refractivity contribution in [2.45, 2.75) is 20.0 Å². The first kappa shape index (κ1) is 15.2. The maximum atomic E-state index is 11.8. The lowest BCUT2D eigenvalue weighted by atomic mass is 10.1. The van der Waals surface area contributed by atoms with Crippen LogP contribution in [0.25, 0.3) is 17.1 Å². The maximum absolute atomic E-state index is 11.8. The molecular weight excluding hydrogens is 288 g/mol. The standard InChI is InChI=1S/C18H20N4O/c1-4-22-13(2)15(10-19-22)12-21(3)11-14-9-18(23)20-17-8-6-5-7-16(14)17/h4-10H,1,11-12H2,2-3H3,(H,20,23). The molecule has 5 nitrogen and oxygen atoms in total. The maximum Gasteiger partial charge on any atom is 0.248 e. The summed E-state index contributed by atoms with van der Waals surface area (Å²) in [4.78, 5) is 16.9. The predicted octanol–water partition coefficient (Wildman–Crippen LogP) is 2.77. The monoisotopic (exact) mass is 308 g/mol. The average Bonchev–Trinajstić information content (AvgIpc) is 2.87. The molecule has 0 aliphatic carbocycles. The molecule has 0 atom stereocenters. The number of para-hydroxylation sites is 1. The summed E-state index contributed by atoms with van der Waals surface area (Å²) in [5.74, 6) is 0. The molecule has 1 N–H and O–H groups in total. The summed E-state index contributed by atoms with van der Waals surface area (Å²) in [6.45, 7) is 7.24. The van der Waals surface area contributed by atoms with Gasteiger partial charge in [0, 0.05) is 47.5 Å². The molecule has 0 aliphatic rings. The molecule has 0 saturated heterocycles. The van der Waals surface area contributed by atoms with Gasteiger partial charge in [-0.3, -0.25) is 9.69 Å². The van der Waals surface area contributed by atoms with Crippen LogP contribution in [-0.4, -0.2) is 26.7 Å². The van der Waals surface area contributed by atoms with E-state index in [1.54, 1.807) is 16.9 Å². The van der Waals surface area contributed by atoms with Crippen LogP contribution < -0.4 is 5.56 Å². The van der Waals surface area contributed by atoms with Gasteiger partial charge in [0.2, 0.25) is 5.56 Å². The Balaban J connectivity index is 1.85. The van der Waals surface area contributed by atoms with Crippen LogP contribution in [0.15, 0.2) is 47.9 Å². The number of hydrogen-bond donors (Lipinski definition) is 1. The lowest BCUT2D eigenvalue weighted by molar-refractivity contribution is 0.319. The van der Waals surface area contributed by atoms with Crippen LogP contribution in [-0.2, 0) is 13.1 Å². The summed E-state index contributed by atoms with van der Waals surface area (Å²) in [5, 5.41) is 5.36. The van der Waals surface area contributed by atoms with Crippen LogP contribution in [0.1, 0.15) is 16.8 Å². The number of fused-ring (bicyclic) bond motifs is 1. The number of nitrogens with one attached hydrogen (secondary N) is 1. The van der Waals surface area contributed by atoms with Crippen molar-refractivity contribution in [1.29, 1.82) is 0 Å². The van der Waals surface area contributed by atoms with Gasteiger partial charge in [-0.15, -0.1) is 0 Å². The first-order chi connectivity index (χ1) is 11.1. The van der Waals surface area contributed by atoms with Gasteiger partial charge >= 0.3 is 0 Å². The lowest BCUT2D eigenvalue weighted by Gasteiger charge is -2.17. The van der Waals surface area contributed by atoms with Gasteiger partial charge in [-0.2, -0.15) is 5.10 Å². The van der Waals surface area contributed by atoms with Crippen LogP contribution in [0.5, 0.6) is 0 Å². The summed E-state index contributed by atoms with van der Waals surface area (Å²) >= 11 is 0. The Morgan fingerprint density at radius 2 is 2.04 bits per heavy atom. The zero-order valence-electron chi connectivity index (χ0n) is 13.4. The number of hydrogen-bond acceptors (Lipinski definition) is 3. The zero-order chi connectivity index (χ0) is 16.4. The van der Waals surface area contributed by atoms with Crippen molar-refractivity contribution in [1.82, 2.24) is 19.7 Å². The summed E-state index contributed by atoms with van der Waals surface area (Å²) in [6.07, 6.45) is 3.56. The van der Waals surface area contributed by atoms with E-state index in [4.69, 9.17) is 0 Å². The van der Waals surface area contributed by atoms with Crippen molar-refractivity contribution in [2.75, 3.05) is 7.05 Å². The molecular formula is C18H20N4O. The number of nitrogens with zero attached hydrogens (tertiary/aromatic N) is 3. The second-order valence-corrected chi connectivity index (χ2v) is 5.76. The van der Waals surface area contributed by atoms with Crippen LogP contribution in [0, 0.1) is 6.92 Å². The van der Waals surface area contributed by atoms with E-state index < -0.39 is 0 Å². The van der Waals surface area contributed by atoms with Crippen molar-refractivity contribution < 1.29 is 0 Å². The molecule has 0 aliphatic heterocycles. The number of rotatable bonds is 5. The van der Waals surface area contributed by atoms with Gasteiger partial charge in [0.25, 0.3) is 0 Å². The van der Waals surface area contributed by atoms with Gasteiger partial charge in [-0.05, 0) is 25.6 Å². The molecule has 3 rings (SSSR count). The average molecular weight is 308 g/mol. The number of pyridine rings is 1. The van der Waals surface area contributed by atoms with Crippen LogP contribution >= 0.6 is 0 Å². The molecule has 0 unspecified atom stereocenters. The van der Waals surface area contributed by atoms with Gasteiger partial charge in [0.15, 0.2) is 0 Å². The van der Waals surface area contributed by atoms with Crippen molar-refractivity contribution in [2.24, 2.45) is 0 Å². The quantitative estimate of drug-likeness (QED) is 0.788. The van der Waals surface area contributed by atoms with Gasteiger partial charge < -0.3 is 4.98 Å². The Hall–Kier alpha value is -2.66. The molecule has 2 heterocycles.